The Kier molecular flexibility index (Phi) is 3.52. The molecule has 2 atom stereocenters. The molecule has 20 heavy (non-hydrogen) atoms. The quantitative estimate of drug-likeness (QED) is 0.668. The first-order chi connectivity index (χ1) is 9.65. The Hall–Kier alpha value is -1.76. The minimum Gasteiger partial charge on any atom is -0.353 e. The Bertz CT molecular complexity index is 642. The summed E-state index contributed by atoms with van der Waals surface area (Å²) in [6, 6.07) is 5.11. The molecule has 1 aromatic carbocycles. The van der Waals surface area contributed by atoms with E-state index >= 15 is 0 Å². The van der Waals surface area contributed by atoms with Gasteiger partial charge in [-0.1, -0.05) is 0 Å². The van der Waals surface area contributed by atoms with E-state index in [1.165, 1.54) is 18.6 Å². The van der Waals surface area contributed by atoms with Crippen LogP contribution in [-0.2, 0) is 0 Å². The summed E-state index contributed by atoms with van der Waals surface area (Å²) in [6.45, 7) is 0. The van der Waals surface area contributed by atoms with Gasteiger partial charge in [-0.15, -0.1) is 0 Å². The summed E-state index contributed by atoms with van der Waals surface area (Å²) in [4.78, 5) is 17.9. The van der Waals surface area contributed by atoms with Crippen LogP contribution >= 0.6 is 11.8 Å². The van der Waals surface area contributed by atoms with Crippen LogP contribution < -0.4 is 5.32 Å². The Labute approximate surface area is 120 Å². The Morgan fingerprint density at radius 1 is 1.50 bits per heavy atom. The summed E-state index contributed by atoms with van der Waals surface area (Å²) in [5.41, 5.74) is 1.52. The number of nitrogens with one attached hydrogen (secondary N) is 2. The van der Waals surface area contributed by atoms with Crippen molar-refractivity contribution in [1.82, 2.24) is 9.97 Å². The lowest BCUT2D eigenvalue weighted by molar-refractivity contribution is -0.384. The number of rotatable bonds is 4. The SMILES string of the molecule is CSC1CCC(Nc2nc3ccc([N+](=O)[O-])cc3[nH]2)C1. The van der Waals surface area contributed by atoms with Gasteiger partial charge in [0.25, 0.3) is 5.69 Å². The fourth-order valence-electron chi connectivity index (χ4n) is 2.66. The molecule has 1 heterocycles. The van der Waals surface area contributed by atoms with Gasteiger partial charge in [0.05, 0.1) is 16.0 Å². The molecule has 0 saturated heterocycles. The second-order valence-electron chi connectivity index (χ2n) is 5.06. The largest absolute Gasteiger partial charge is 0.353 e. The zero-order valence-corrected chi connectivity index (χ0v) is 11.9. The number of nitro groups is 1. The van der Waals surface area contributed by atoms with Crippen LogP contribution in [0.15, 0.2) is 18.2 Å². The molecule has 2 unspecified atom stereocenters. The average molecular weight is 292 g/mol. The van der Waals surface area contributed by atoms with Gasteiger partial charge < -0.3 is 10.3 Å². The normalized spacial score (nSPS) is 22.2. The number of anilines is 1. The molecule has 0 amide bonds. The Balaban J connectivity index is 1.77. The molecule has 0 bridgehead atoms. The lowest BCUT2D eigenvalue weighted by Gasteiger charge is -2.11. The van der Waals surface area contributed by atoms with E-state index in [2.05, 4.69) is 21.5 Å². The van der Waals surface area contributed by atoms with Crippen molar-refractivity contribution in [2.24, 2.45) is 0 Å². The molecule has 2 aromatic rings. The predicted octanol–water partition coefficient (Wildman–Crippen LogP) is 3.17. The fraction of sp³-hybridized carbons (Fsp3) is 0.462. The molecule has 3 rings (SSSR count). The molecule has 6 nitrogen and oxygen atoms in total. The van der Waals surface area contributed by atoms with Crippen molar-refractivity contribution in [3.8, 4) is 0 Å². The first-order valence-electron chi connectivity index (χ1n) is 6.59. The van der Waals surface area contributed by atoms with E-state index in [0.717, 1.165) is 23.6 Å². The number of non-ortho nitro benzene ring substituents is 1. The summed E-state index contributed by atoms with van der Waals surface area (Å²) in [5.74, 6) is 0.701. The second-order valence-corrected chi connectivity index (χ2v) is 6.19. The van der Waals surface area contributed by atoms with Gasteiger partial charge in [-0.05, 0) is 31.6 Å². The maximum absolute atomic E-state index is 10.8. The minimum absolute atomic E-state index is 0.0796. The third-order valence-electron chi connectivity index (χ3n) is 3.73. The number of nitro benzene ring substituents is 1. The molecule has 0 aliphatic heterocycles. The summed E-state index contributed by atoms with van der Waals surface area (Å²) >= 11 is 1.91. The molecule has 7 heteroatoms. The molecule has 0 radical (unpaired) electrons. The van der Waals surface area contributed by atoms with Crippen molar-refractivity contribution in [2.75, 3.05) is 11.6 Å². The van der Waals surface area contributed by atoms with Crippen molar-refractivity contribution in [3.05, 3.63) is 28.3 Å². The minimum atomic E-state index is -0.395. The Morgan fingerprint density at radius 2 is 2.35 bits per heavy atom. The van der Waals surface area contributed by atoms with Gasteiger partial charge in [0.15, 0.2) is 0 Å². The van der Waals surface area contributed by atoms with Gasteiger partial charge in [0.2, 0.25) is 5.95 Å². The summed E-state index contributed by atoms with van der Waals surface area (Å²) in [6.07, 6.45) is 5.65. The molecule has 0 spiro atoms. The zero-order valence-electron chi connectivity index (χ0n) is 11.1. The molecular weight excluding hydrogens is 276 g/mol. The van der Waals surface area contributed by atoms with Crippen molar-refractivity contribution in [3.63, 3.8) is 0 Å². The van der Waals surface area contributed by atoms with Gasteiger partial charge in [-0.2, -0.15) is 11.8 Å². The molecule has 1 fully saturated rings. The third kappa shape index (κ3) is 2.58. The van der Waals surface area contributed by atoms with Gasteiger partial charge in [-0.3, -0.25) is 10.1 Å². The van der Waals surface area contributed by atoms with Crippen LogP contribution in [0.5, 0.6) is 0 Å². The highest BCUT2D eigenvalue weighted by Crippen LogP contribution is 2.30. The fourth-order valence-corrected chi connectivity index (χ4v) is 3.45. The zero-order chi connectivity index (χ0) is 14.1. The van der Waals surface area contributed by atoms with Crippen LogP contribution in [0.1, 0.15) is 19.3 Å². The molecule has 1 aromatic heterocycles. The van der Waals surface area contributed by atoms with Crippen LogP contribution in [0.25, 0.3) is 11.0 Å². The Morgan fingerprint density at radius 3 is 3.05 bits per heavy atom. The number of benzene rings is 1. The molecule has 1 saturated carbocycles. The standard InChI is InChI=1S/C13H16N4O2S/c1-20-10-4-2-8(6-10)14-13-15-11-5-3-9(17(18)19)7-12(11)16-13/h3,5,7-8,10H,2,4,6H2,1H3,(H2,14,15,16). The molecule has 1 aliphatic carbocycles. The van der Waals surface area contributed by atoms with E-state index in [0.29, 0.717) is 17.5 Å². The van der Waals surface area contributed by atoms with Crippen molar-refractivity contribution >= 4 is 34.4 Å². The lowest BCUT2D eigenvalue weighted by Crippen LogP contribution is -2.16. The number of hydrogen-bond donors (Lipinski definition) is 2. The van der Waals surface area contributed by atoms with Crippen LogP contribution in [0.2, 0.25) is 0 Å². The first-order valence-corrected chi connectivity index (χ1v) is 7.88. The van der Waals surface area contributed by atoms with Crippen molar-refractivity contribution < 1.29 is 4.92 Å². The highest BCUT2D eigenvalue weighted by atomic mass is 32.2. The third-order valence-corrected chi connectivity index (χ3v) is 4.83. The van der Waals surface area contributed by atoms with E-state index in [-0.39, 0.29) is 5.69 Å². The lowest BCUT2D eigenvalue weighted by atomic mass is 10.2. The molecular formula is C13H16N4O2S. The number of thioether (sulfide) groups is 1. The summed E-state index contributed by atoms with van der Waals surface area (Å²) < 4.78 is 0. The number of hydrogen-bond acceptors (Lipinski definition) is 5. The van der Waals surface area contributed by atoms with Crippen LogP contribution in [0.4, 0.5) is 11.6 Å². The van der Waals surface area contributed by atoms with Gasteiger partial charge >= 0.3 is 0 Å². The van der Waals surface area contributed by atoms with Gasteiger partial charge in [-0.25, -0.2) is 4.98 Å². The molecule has 2 N–H and O–H groups in total. The van der Waals surface area contributed by atoms with E-state index in [4.69, 9.17) is 0 Å². The monoisotopic (exact) mass is 292 g/mol. The van der Waals surface area contributed by atoms with Crippen LogP contribution in [-0.4, -0.2) is 32.4 Å². The first kappa shape index (κ1) is 13.2. The molecule has 106 valence electrons. The van der Waals surface area contributed by atoms with Gasteiger partial charge in [0.1, 0.15) is 0 Å². The number of imidazole rings is 1. The van der Waals surface area contributed by atoms with Crippen molar-refractivity contribution in [2.45, 2.75) is 30.6 Å². The van der Waals surface area contributed by atoms with E-state index in [1.807, 2.05) is 11.8 Å². The van der Waals surface area contributed by atoms with Crippen molar-refractivity contribution in [1.29, 1.82) is 0 Å². The smallest absolute Gasteiger partial charge is 0.271 e. The van der Waals surface area contributed by atoms with Crippen LogP contribution in [0.3, 0.4) is 0 Å². The number of H-pyrrole nitrogens is 1. The van der Waals surface area contributed by atoms with E-state index in [1.54, 1.807) is 6.07 Å². The molecule has 1 aliphatic rings. The summed E-state index contributed by atoms with van der Waals surface area (Å²) in [5, 5.41) is 14.9. The maximum Gasteiger partial charge on any atom is 0.271 e. The van der Waals surface area contributed by atoms with E-state index in [9.17, 15) is 10.1 Å². The average Bonchev–Trinajstić information content (AvgIpc) is 3.03. The van der Waals surface area contributed by atoms with Crippen LogP contribution in [0, 0.1) is 10.1 Å². The van der Waals surface area contributed by atoms with Gasteiger partial charge in [0, 0.05) is 23.4 Å². The highest BCUT2D eigenvalue weighted by molar-refractivity contribution is 7.99. The predicted molar refractivity (Wildman–Crippen MR) is 81.3 cm³/mol. The van der Waals surface area contributed by atoms with E-state index < -0.39 is 4.92 Å². The topological polar surface area (TPSA) is 83.8 Å². The number of nitrogens with zero attached hydrogens (tertiary/aromatic N) is 2. The maximum atomic E-state index is 10.8. The highest BCUT2D eigenvalue weighted by Gasteiger charge is 2.24. The number of aromatic amines is 1. The number of aromatic nitrogens is 2. The number of fused-ring (bicyclic) bond motifs is 1. The summed E-state index contributed by atoms with van der Waals surface area (Å²) in [7, 11) is 0. The second kappa shape index (κ2) is 5.32.